The fraction of sp³-hybridized carbons (Fsp3) is 0.211. The van der Waals surface area contributed by atoms with Crippen LogP contribution in [0.2, 0.25) is 0 Å². The Morgan fingerprint density at radius 3 is 2.48 bits per heavy atom. The maximum absolute atomic E-state index is 12.1. The summed E-state index contributed by atoms with van der Waals surface area (Å²) >= 11 is 1.70. The molecule has 0 saturated carbocycles. The third-order valence-corrected chi connectivity index (χ3v) is 4.68. The van der Waals surface area contributed by atoms with Gasteiger partial charge in [0.15, 0.2) is 0 Å². The van der Waals surface area contributed by atoms with E-state index in [1.165, 1.54) is 26.0 Å². The van der Waals surface area contributed by atoms with E-state index >= 15 is 0 Å². The molecule has 4 heteroatoms. The molecule has 0 saturated heterocycles. The number of carbonyl (C=O) groups excluding carboxylic acids is 1. The molecule has 0 aliphatic heterocycles. The molecule has 2 aromatic carbocycles. The topological polar surface area (TPSA) is 35.5 Å². The molecule has 120 valence electrons. The second-order valence-electron chi connectivity index (χ2n) is 4.98. The normalized spacial score (nSPS) is 11.2. The minimum atomic E-state index is -0.404. The van der Waals surface area contributed by atoms with Crippen LogP contribution < -0.4 is 0 Å². The van der Waals surface area contributed by atoms with Gasteiger partial charge in [-0.2, -0.15) is 0 Å². The average Bonchev–Trinajstić information content (AvgIpc) is 2.59. The molecule has 0 amide bonds. The van der Waals surface area contributed by atoms with Gasteiger partial charge in [-0.1, -0.05) is 48.5 Å². The van der Waals surface area contributed by atoms with Crippen LogP contribution in [-0.2, 0) is 20.0 Å². The van der Waals surface area contributed by atoms with Gasteiger partial charge in [0, 0.05) is 16.2 Å². The van der Waals surface area contributed by atoms with Gasteiger partial charge in [-0.15, -0.1) is 11.8 Å². The zero-order valence-electron chi connectivity index (χ0n) is 13.5. The van der Waals surface area contributed by atoms with Crippen molar-refractivity contribution in [2.24, 2.45) is 0 Å². The molecule has 0 heterocycles. The number of hydrogen-bond donors (Lipinski definition) is 0. The standard InChI is InChI=1S/C19H20O3S/c1-14-8-7-11-16(17(12-21-2)19(20)22-3)18(14)23-13-15-9-5-4-6-10-15/h4-12H,13H2,1-3H3/b17-12+. The molecule has 0 bridgehead atoms. The Morgan fingerprint density at radius 1 is 1.09 bits per heavy atom. The molecular formula is C19H20O3S. The van der Waals surface area contributed by atoms with E-state index < -0.39 is 5.97 Å². The van der Waals surface area contributed by atoms with Crippen molar-refractivity contribution in [1.29, 1.82) is 0 Å². The quantitative estimate of drug-likeness (QED) is 0.340. The van der Waals surface area contributed by atoms with Gasteiger partial charge in [-0.25, -0.2) is 4.79 Å². The number of aryl methyl sites for hydroxylation is 1. The lowest BCUT2D eigenvalue weighted by Crippen LogP contribution is -2.06. The van der Waals surface area contributed by atoms with E-state index in [9.17, 15) is 4.79 Å². The van der Waals surface area contributed by atoms with E-state index in [2.05, 4.69) is 12.1 Å². The first kappa shape index (κ1) is 17.2. The molecule has 0 aliphatic carbocycles. The van der Waals surface area contributed by atoms with E-state index in [1.54, 1.807) is 11.8 Å². The Balaban J connectivity index is 2.35. The second-order valence-corrected chi connectivity index (χ2v) is 5.97. The summed E-state index contributed by atoms with van der Waals surface area (Å²) in [6.45, 7) is 2.04. The Bertz CT molecular complexity index is 693. The van der Waals surface area contributed by atoms with Crippen LogP contribution in [0.4, 0.5) is 0 Å². The van der Waals surface area contributed by atoms with Gasteiger partial charge in [0.25, 0.3) is 0 Å². The first-order valence-corrected chi connectivity index (χ1v) is 8.24. The van der Waals surface area contributed by atoms with Gasteiger partial charge in [-0.3, -0.25) is 0 Å². The molecule has 23 heavy (non-hydrogen) atoms. The largest absolute Gasteiger partial charge is 0.503 e. The van der Waals surface area contributed by atoms with E-state index in [0.717, 1.165) is 21.8 Å². The van der Waals surface area contributed by atoms with Crippen molar-refractivity contribution in [1.82, 2.24) is 0 Å². The Kier molecular flexibility index (Phi) is 6.29. The van der Waals surface area contributed by atoms with E-state index in [-0.39, 0.29) is 0 Å². The molecule has 0 fully saturated rings. The molecule has 3 nitrogen and oxygen atoms in total. The highest BCUT2D eigenvalue weighted by atomic mass is 32.2. The zero-order valence-corrected chi connectivity index (χ0v) is 14.4. The number of ether oxygens (including phenoxy) is 2. The lowest BCUT2D eigenvalue weighted by atomic mass is 10.0. The second kappa shape index (κ2) is 8.44. The third-order valence-electron chi connectivity index (χ3n) is 3.37. The fourth-order valence-electron chi connectivity index (χ4n) is 2.24. The van der Waals surface area contributed by atoms with Crippen LogP contribution in [0.3, 0.4) is 0 Å². The van der Waals surface area contributed by atoms with Gasteiger partial charge >= 0.3 is 5.97 Å². The minimum Gasteiger partial charge on any atom is -0.503 e. The SMILES string of the molecule is CO/C=C(/C(=O)OC)c1cccc(C)c1SCc1ccccc1. The van der Waals surface area contributed by atoms with Crippen molar-refractivity contribution in [2.45, 2.75) is 17.6 Å². The number of rotatable bonds is 6. The predicted molar refractivity (Wildman–Crippen MR) is 94.2 cm³/mol. The molecule has 0 aromatic heterocycles. The smallest absolute Gasteiger partial charge is 0.341 e. The lowest BCUT2D eigenvalue weighted by molar-refractivity contribution is -0.133. The van der Waals surface area contributed by atoms with Crippen molar-refractivity contribution in [3.63, 3.8) is 0 Å². The zero-order chi connectivity index (χ0) is 16.7. The van der Waals surface area contributed by atoms with Crippen LogP contribution in [0, 0.1) is 6.92 Å². The van der Waals surface area contributed by atoms with Gasteiger partial charge in [0.2, 0.25) is 0 Å². The van der Waals surface area contributed by atoms with Gasteiger partial charge in [0.1, 0.15) is 5.57 Å². The summed E-state index contributed by atoms with van der Waals surface area (Å²) in [6.07, 6.45) is 1.44. The molecule has 2 aromatic rings. The maximum Gasteiger partial charge on any atom is 0.341 e. The number of carbonyl (C=O) groups is 1. The summed E-state index contributed by atoms with van der Waals surface area (Å²) < 4.78 is 9.95. The summed E-state index contributed by atoms with van der Waals surface area (Å²) in [7, 11) is 2.90. The summed E-state index contributed by atoms with van der Waals surface area (Å²) in [6, 6.07) is 16.1. The van der Waals surface area contributed by atoms with Gasteiger partial charge in [0.05, 0.1) is 20.5 Å². The number of esters is 1. The summed E-state index contributed by atoms with van der Waals surface area (Å²) in [5.41, 5.74) is 3.62. The molecule has 0 radical (unpaired) electrons. The predicted octanol–water partition coefficient (Wildman–Crippen LogP) is 4.45. The molecule has 0 aliphatic rings. The fourth-order valence-corrected chi connectivity index (χ4v) is 3.37. The third kappa shape index (κ3) is 4.39. The van der Waals surface area contributed by atoms with Gasteiger partial charge < -0.3 is 9.47 Å². The van der Waals surface area contributed by atoms with Crippen molar-refractivity contribution in [3.8, 4) is 0 Å². The molecule has 0 atom stereocenters. The Morgan fingerprint density at radius 2 is 1.83 bits per heavy atom. The van der Waals surface area contributed by atoms with Crippen molar-refractivity contribution < 1.29 is 14.3 Å². The average molecular weight is 328 g/mol. The van der Waals surface area contributed by atoms with Crippen LogP contribution in [0.1, 0.15) is 16.7 Å². The maximum atomic E-state index is 12.1. The first-order chi connectivity index (χ1) is 11.2. The van der Waals surface area contributed by atoms with Crippen LogP contribution in [0.15, 0.2) is 59.7 Å². The molecule has 0 N–H and O–H groups in total. The highest BCUT2D eigenvalue weighted by Gasteiger charge is 2.18. The summed E-state index contributed by atoms with van der Waals surface area (Å²) in [5, 5.41) is 0. The first-order valence-electron chi connectivity index (χ1n) is 7.25. The Hall–Kier alpha value is -2.20. The highest BCUT2D eigenvalue weighted by Crippen LogP contribution is 2.34. The number of benzene rings is 2. The molecule has 2 rings (SSSR count). The van der Waals surface area contributed by atoms with Crippen LogP contribution >= 0.6 is 11.8 Å². The highest BCUT2D eigenvalue weighted by molar-refractivity contribution is 7.98. The summed E-state index contributed by atoms with van der Waals surface area (Å²) in [5.74, 6) is 0.430. The van der Waals surface area contributed by atoms with E-state index in [0.29, 0.717) is 5.57 Å². The van der Waals surface area contributed by atoms with Crippen LogP contribution in [0.25, 0.3) is 5.57 Å². The van der Waals surface area contributed by atoms with Crippen molar-refractivity contribution in [2.75, 3.05) is 14.2 Å². The number of methoxy groups -OCH3 is 2. The van der Waals surface area contributed by atoms with Crippen LogP contribution in [-0.4, -0.2) is 20.2 Å². The van der Waals surface area contributed by atoms with Crippen molar-refractivity contribution >= 4 is 23.3 Å². The van der Waals surface area contributed by atoms with Crippen molar-refractivity contribution in [3.05, 3.63) is 71.5 Å². The molecule has 0 unspecified atom stereocenters. The summed E-state index contributed by atoms with van der Waals surface area (Å²) in [4.78, 5) is 13.1. The Labute approximate surface area is 141 Å². The van der Waals surface area contributed by atoms with Gasteiger partial charge in [-0.05, 0) is 18.1 Å². The van der Waals surface area contributed by atoms with E-state index in [1.807, 2.05) is 43.3 Å². The number of hydrogen-bond acceptors (Lipinski definition) is 4. The lowest BCUT2D eigenvalue weighted by Gasteiger charge is -2.14. The minimum absolute atomic E-state index is 0.404. The van der Waals surface area contributed by atoms with Crippen LogP contribution in [0.5, 0.6) is 0 Å². The molecular weight excluding hydrogens is 308 g/mol. The number of thioether (sulfide) groups is 1. The molecule has 0 spiro atoms. The monoisotopic (exact) mass is 328 g/mol. The van der Waals surface area contributed by atoms with E-state index in [4.69, 9.17) is 9.47 Å².